The highest BCUT2D eigenvalue weighted by atomic mass is 127. The zero-order chi connectivity index (χ0) is 71.6. The number of quaternary nitrogens is 2. The molecule has 99 heavy (non-hydrogen) atoms. The number of nitrogens with zero attached hydrogens (tertiary/aromatic N) is 2. The van der Waals surface area contributed by atoms with Gasteiger partial charge in [0.05, 0.1) is 101 Å². The smallest absolute Gasteiger partial charge is 0.338 e. The maximum Gasteiger partial charge on any atom is 0.338 e. The summed E-state index contributed by atoms with van der Waals surface area (Å²) in [5.41, 5.74) is 5.92. The number of allylic oxidation sites excluding steroid dienone is 12. The van der Waals surface area contributed by atoms with Crippen LogP contribution in [-0.4, -0.2) is 148 Å². The Hall–Kier alpha value is -7.28. The van der Waals surface area contributed by atoms with Crippen molar-refractivity contribution in [2.75, 3.05) is 48.5 Å². The number of aliphatic hydroxyl groups excluding tert-OH is 2. The lowest BCUT2D eigenvalue weighted by atomic mass is 9.69. The van der Waals surface area contributed by atoms with Crippen LogP contribution in [0.15, 0.2) is 167 Å². The van der Waals surface area contributed by atoms with E-state index in [2.05, 4.69) is 81.3 Å². The zero-order valence-corrected chi connectivity index (χ0v) is 63.5. The van der Waals surface area contributed by atoms with Crippen LogP contribution in [0.4, 0.5) is 11.4 Å². The average molecular weight is 1540 g/mol. The molecule has 3 aliphatic heterocycles. The molecule has 3 heterocycles. The highest BCUT2D eigenvalue weighted by molar-refractivity contribution is 6.02. The summed E-state index contributed by atoms with van der Waals surface area (Å²) in [5, 5.41) is 18.1. The molecule has 2 N–H and O–H groups in total. The maximum absolute atomic E-state index is 13.0. The number of carbonyl (C=O) groups is 9. The van der Waals surface area contributed by atoms with Crippen LogP contribution in [-0.2, 0) is 62.0 Å². The normalized spacial score (nSPS) is 24.9. The fourth-order valence-electron chi connectivity index (χ4n) is 12.7. The van der Waals surface area contributed by atoms with Gasteiger partial charge in [0.25, 0.3) is 0 Å². The third-order valence-corrected chi connectivity index (χ3v) is 18.2. The quantitative estimate of drug-likeness (QED) is 0.0440. The Balaban J connectivity index is 0.000000315. The monoisotopic (exact) mass is 1540 g/mol. The molecule has 0 radical (unpaired) electrons. The van der Waals surface area contributed by atoms with Crippen LogP contribution in [0.3, 0.4) is 0 Å². The first-order valence-electron chi connectivity index (χ1n) is 33.2. The Bertz CT molecular complexity index is 3590. The second kappa shape index (κ2) is 37.4. The largest absolute Gasteiger partial charge is 1.00 e. The Kier molecular flexibility index (Phi) is 31.8. The highest BCUT2D eigenvalue weighted by Crippen LogP contribution is 2.48. The predicted octanol–water partition coefficient (Wildman–Crippen LogP) is 6.16. The van der Waals surface area contributed by atoms with E-state index >= 15 is 0 Å². The van der Waals surface area contributed by atoms with E-state index in [9.17, 15) is 43.2 Å². The topological polar surface area (TPSA) is 249 Å². The first-order valence-corrected chi connectivity index (χ1v) is 33.2. The van der Waals surface area contributed by atoms with E-state index in [4.69, 9.17) is 38.6 Å². The van der Waals surface area contributed by atoms with Crippen molar-refractivity contribution in [1.82, 2.24) is 8.97 Å². The highest BCUT2D eigenvalue weighted by Gasteiger charge is 2.58. The fraction of sp³-hybridized carbons (Fsp3) is 0.474. The van der Waals surface area contributed by atoms with Gasteiger partial charge in [-0.25, -0.2) is 9.59 Å². The van der Waals surface area contributed by atoms with Crippen molar-refractivity contribution in [3.8, 4) is 0 Å². The summed E-state index contributed by atoms with van der Waals surface area (Å²) in [6.45, 7) is 16.9. The van der Waals surface area contributed by atoms with Gasteiger partial charge in [-0.05, 0) is 197 Å². The summed E-state index contributed by atoms with van der Waals surface area (Å²) in [6.07, 6.45) is 26.1. The van der Waals surface area contributed by atoms with Gasteiger partial charge in [-0.2, -0.15) is 0 Å². The van der Waals surface area contributed by atoms with E-state index in [1.807, 2.05) is 70.2 Å². The van der Waals surface area contributed by atoms with Crippen LogP contribution in [0, 0.1) is 16.2 Å². The molecule has 21 heteroatoms. The van der Waals surface area contributed by atoms with Gasteiger partial charge in [-0.15, -0.1) is 0 Å². The molecule has 8 rings (SSSR count). The molecular weight excluding hydrogens is 1440 g/mol. The average Bonchev–Trinajstić information content (AvgIpc) is 1.66. The van der Waals surface area contributed by atoms with Crippen LogP contribution >= 0.6 is 0 Å². The number of carbonyl (C=O) groups excluding carboxylic acids is 9. The van der Waals surface area contributed by atoms with Crippen LogP contribution in [0.5, 0.6) is 0 Å². The summed E-state index contributed by atoms with van der Waals surface area (Å²) in [7, 11) is 10.3. The second-order valence-corrected chi connectivity index (χ2v) is 28.1. The van der Waals surface area contributed by atoms with Gasteiger partial charge < -0.3 is 79.6 Å². The fourth-order valence-corrected chi connectivity index (χ4v) is 12.7. The van der Waals surface area contributed by atoms with Crippen molar-refractivity contribution < 1.29 is 123 Å². The Morgan fingerprint density at radius 3 is 1.13 bits per heavy atom. The minimum absolute atomic E-state index is 0. The number of ketones is 3. The molecule has 0 aromatic heterocycles. The molecule has 3 aliphatic carbocycles. The van der Waals surface area contributed by atoms with Gasteiger partial charge in [0.2, 0.25) is 0 Å². The van der Waals surface area contributed by atoms with E-state index in [0.29, 0.717) is 38.5 Å². The summed E-state index contributed by atoms with van der Waals surface area (Å²) in [4.78, 5) is 112. The molecule has 0 bridgehead atoms. The number of benzene rings is 2. The SMILES string of the molecule is C/C=C/[N+](C)(C)c1ccc(C(=O)O[C@@H]2C=CC(=O)C3(CC(=O)O[C@@H]3/C=C(\C)CCC=C(C)C)C2)cc1.CC(=O)O[C@@H]1C=CC(=O)C2(CC(=O)O[C@@H]2/C=C(\C)CCC=C(CO)CO)C1.CC(C)=CCC/C(C)=C/[C@H]1OC(=O)CC12C[C@H](OC(=O)c1ccc([N+](C)(C)C)cc1)C=CC2=O.[Br-].[I-]. The van der Waals surface area contributed by atoms with Crippen LogP contribution in [0.1, 0.15) is 160 Å². The molecule has 3 saturated heterocycles. The minimum Gasteiger partial charge on any atom is -1.00 e. The maximum atomic E-state index is 13.0. The molecule has 9 atom stereocenters. The van der Waals surface area contributed by atoms with Gasteiger partial charge >= 0.3 is 35.8 Å². The summed E-state index contributed by atoms with van der Waals surface area (Å²) >= 11 is 0. The molecule has 2 aromatic carbocycles. The molecule has 3 unspecified atom stereocenters. The summed E-state index contributed by atoms with van der Waals surface area (Å²) < 4.78 is 34.5. The number of hydrogen-bond acceptors (Lipinski definition) is 17. The molecule has 538 valence electrons. The predicted molar refractivity (Wildman–Crippen MR) is 372 cm³/mol. The Morgan fingerprint density at radius 2 is 0.828 bits per heavy atom. The molecule has 6 aliphatic rings. The van der Waals surface area contributed by atoms with E-state index in [0.717, 1.165) is 53.8 Å². The van der Waals surface area contributed by atoms with E-state index in [1.165, 1.54) is 36.3 Å². The van der Waals surface area contributed by atoms with Gasteiger partial charge in [0, 0.05) is 38.3 Å². The Morgan fingerprint density at radius 1 is 0.505 bits per heavy atom. The van der Waals surface area contributed by atoms with Crippen molar-refractivity contribution in [1.29, 1.82) is 0 Å². The number of ether oxygens (including phenoxy) is 6. The number of hydrogen-bond donors (Lipinski definition) is 2. The minimum atomic E-state index is -1.05. The lowest BCUT2D eigenvalue weighted by Crippen LogP contribution is -3.00. The summed E-state index contributed by atoms with van der Waals surface area (Å²) in [5.74, 6) is -3.13. The number of halogens is 2. The molecule has 3 spiro atoms. The van der Waals surface area contributed by atoms with Crippen LogP contribution in [0.25, 0.3) is 0 Å². The van der Waals surface area contributed by atoms with Crippen LogP contribution in [0.2, 0.25) is 0 Å². The van der Waals surface area contributed by atoms with E-state index in [-0.39, 0.29) is 110 Å². The zero-order valence-electron chi connectivity index (χ0n) is 59.7. The lowest BCUT2D eigenvalue weighted by Gasteiger charge is -2.34. The lowest BCUT2D eigenvalue weighted by molar-refractivity contribution is -0.148. The Labute approximate surface area is 611 Å². The number of cyclic esters (lactones) is 3. The molecule has 19 nitrogen and oxygen atoms in total. The van der Waals surface area contributed by atoms with Crippen molar-refractivity contribution >= 4 is 64.5 Å². The standard InChI is InChI=1S/C30H38NO5.C28H36NO5.C20H26O7.BrH.HI/c1-7-17-31(5,6)24-13-11-23(12-14-24)29(34)35-25-15-16-26(32)30(19-25)20-28(33)36-27(30)18-22(4)10-8-9-21(2)3;1-19(2)8-7-9-20(3)16-25-28(18-26(31)34-25)17-23(14-15-24(28)30)33-27(32)21-10-12-22(13-11-21)29(4,5)6;1-13(4-3-5-15(11-21)12-22)8-18-20(10-19(25)27-18)9-16(26-14(2)23)6-7-17(20)24;;/h7,9,11-18,25,27H,8,10,19-20H2,1-6H3;8,10-16,23,25H,7,9,17-18H2,1-6H3;5-8,16,18,21-22H,3-4,9-12H2,1-2H3;2*1H/q2*+1;;;/p-2/b17-7+,22-18+;20-16+;13-8+;;/t25-,27-,30?;23-,25-,28?;16-,18-,20?;;/m111../s1. The number of esters is 6. The van der Waals surface area contributed by atoms with E-state index in [1.54, 1.807) is 54.6 Å². The third kappa shape index (κ3) is 23.1. The van der Waals surface area contributed by atoms with Crippen molar-refractivity contribution in [2.24, 2.45) is 16.2 Å². The first kappa shape index (κ1) is 84.1. The molecule has 0 saturated carbocycles. The van der Waals surface area contributed by atoms with Crippen molar-refractivity contribution in [3.63, 3.8) is 0 Å². The van der Waals surface area contributed by atoms with Gasteiger partial charge in [0.15, 0.2) is 17.3 Å². The summed E-state index contributed by atoms with van der Waals surface area (Å²) in [6, 6.07) is 14.6. The molecule has 0 amide bonds. The van der Waals surface area contributed by atoms with Gasteiger partial charge in [-0.3, -0.25) is 42.5 Å². The molecule has 3 fully saturated rings. The first-order chi connectivity index (χ1) is 45.7. The third-order valence-electron chi connectivity index (χ3n) is 18.2. The van der Waals surface area contributed by atoms with Crippen molar-refractivity contribution in [3.05, 3.63) is 178 Å². The number of aliphatic hydroxyl groups is 2. The number of rotatable bonds is 22. The van der Waals surface area contributed by atoms with Gasteiger partial charge in [0.1, 0.15) is 48.0 Å². The second-order valence-electron chi connectivity index (χ2n) is 28.1. The van der Waals surface area contributed by atoms with Crippen molar-refractivity contribution in [2.45, 2.75) is 176 Å². The van der Waals surface area contributed by atoms with Crippen LogP contribution < -0.4 is 49.9 Å². The molecular formula is C78H100BrIN2O17. The van der Waals surface area contributed by atoms with Gasteiger partial charge in [-0.1, -0.05) is 46.1 Å². The van der Waals surface area contributed by atoms with E-state index < -0.39 is 88.7 Å². The molecule has 2 aromatic rings.